The van der Waals surface area contributed by atoms with Crippen molar-refractivity contribution in [3.05, 3.63) is 42.0 Å². The van der Waals surface area contributed by atoms with Crippen molar-refractivity contribution in [1.29, 1.82) is 0 Å². The second kappa shape index (κ2) is 6.98. The van der Waals surface area contributed by atoms with E-state index in [-0.39, 0.29) is 12.1 Å². The molecule has 3 aliphatic rings. The molecule has 0 radical (unpaired) electrons. The maximum Gasteiger partial charge on any atom is 0.413 e. The second-order valence-electron chi connectivity index (χ2n) is 6.64. The van der Waals surface area contributed by atoms with Gasteiger partial charge in [-0.25, -0.2) is 4.79 Å². The monoisotopic (exact) mass is 356 g/mol. The average Bonchev–Trinajstić information content (AvgIpc) is 3.11. The van der Waals surface area contributed by atoms with Gasteiger partial charge in [-0.3, -0.25) is 4.79 Å². The molecule has 2 aromatic rings. The predicted molar refractivity (Wildman–Crippen MR) is 97.3 cm³/mol. The number of thiophene rings is 1. The first-order valence-corrected chi connectivity index (χ1v) is 9.39. The highest BCUT2D eigenvalue weighted by Gasteiger charge is 2.35. The van der Waals surface area contributed by atoms with Gasteiger partial charge >= 0.3 is 6.09 Å². The number of amides is 1. The van der Waals surface area contributed by atoms with Crippen LogP contribution >= 0.6 is 11.3 Å². The lowest BCUT2D eigenvalue weighted by Gasteiger charge is -2.44. The summed E-state index contributed by atoms with van der Waals surface area (Å²) in [5, 5.41) is 3.58. The molecule has 3 fully saturated rings. The van der Waals surface area contributed by atoms with Gasteiger partial charge in [0.25, 0.3) is 0 Å². The third-order valence-corrected chi connectivity index (χ3v) is 6.05. The van der Waals surface area contributed by atoms with E-state index in [1.165, 1.54) is 11.3 Å². The molecule has 0 saturated carbocycles. The van der Waals surface area contributed by atoms with Gasteiger partial charge in [0.15, 0.2) is 5.06 Å². The second-order valence-corrected chi connectivity index (χ2v) is 7.69. The van der Waals surface area contributed by atoms with Crippen molar-refractivity contribution >= 4 is 23.7 Å². The van der Waals surface area contributed by atoms with E-state index >= 15 is 0 Å². The smallest absolute Gasteiger partial charge is 0.399 e. The first-order valence-electron chi connectivity index (χ1n) is 8.57. The lowest BCUT2D eigenvalue weighted by atomic mass is 9.84. The Morgan fingerprint density at radius 2 is 2.08 bits per heavy atom. The van der Waals surface area contributed by atoms with Gasteiger partial charge in [0.2, 0.25) is 0 Å². The fraction of sp³-hybridized carbons (Fsp3) is 0.368. The minimum Gasteiger partial charge on any atom is -0.399 e. The van der Waals surface area contributed by atoms with E-state index < -0.39 is 0 Å². The molecule has 130 valence electrons. The Bertz CT molecular complexity index is 780. The maximum atomic E-state index is 12.2. The van der Waals surface area contributed by atoms with Crippen LogP contribution in [0, 0.1) is 5.92 Å². The van der Waals surface area contributed by atoms with Crippen LogP contribution in [0.15, 0.2) is 36.4 Å². The Labute approximate surface area is 150 Å². The zero-order chi connectivity index (χ0) is 17.2. The molecule has 1 aromatic heterocycles. The molecule has 5 nitrogen and oxygen atoms in total. The Morgan fingerprint density at radius 1 is 1.24 bits per heavy atom. The van der Waals surface area contributed by atoms with Gasteiger partial charge in [-0.2, -0.15) is 0 Å². The van der Waals surface area contributed by atoms with E-state index in [1.807, 2.05) is 24.3 Å². The summed E-state index contributed by atoms with van der Waals surface area (Å²) in [5.41, 5.74) is 1.58. The standard InChI is InChI=1S/C19H20N2O3S/c22-12-13-2-1-3-15(10-13)17-4-5-18(25-17)24-19(23)20-16-11-21-8-6-14(16)7-9-21/h1-5,10,12,14,16H,6-9,11H2,(H,20,23). The van der Waals surface area contributed by atoms with E-state index in [0.717, 1.165) is 49.2 Å². The third kappa shape index (κ3) is 3.60. The van der Waals surface area contributed by atoms with Crippen LogP contribution in [-0.2, 0) is 0 Å². The largest absolute Gasteiger partial charge is 0.413 e. The number of nitrogens with one attached hydrogen (secondary N) is 1. The number of hydrogen-bond acceptors (Lipinski definition) is 5. The van der Waals surface area contributed by atoms with Crippen molar-refractivity contribution in [3.63, 3.8) is 0 Å². The molecule has 1 aromatic carbocycles. The van der Waals surface area contributed by atoms with Crippen LogP contribution in [0.25, 0.3) is 10.4 Å². The van der Waals surface area contributed by atoms with Gasteiger partial charge in [0, 0.05) is 23.0 Å². The molecule has 3 aliphatic heterocycles. The molecule has 0 aliphatic carbocycles. The minimum atomic E-state index is -0.381. The molecule has 2 bridgehead atoms. The van der Waals surface area contributed by atoms with Gasteiger partial charge in [-0.15, -0.1) is 0 Å². The summed E-state index contributed by atoms with van der Waals surface area (Å²) in [4.78, 5) is 26.5. The van der Waals surface area contributed by atoms with Crippen LogP contribution < -0.4 is 10.1 Å². The van der Waals surface area contributed by atoms with E-state index in [0.29, 0.717) is 16.5 Å². The molecule has 5 rings (SSSR count). The molecule has 0 spiro atoms. The van der Waals surface area contributed by atoms with Crippen molar-refractivity contribution in [2.75, 3.05) is 19.6 Å². The zero-order valence-electron chi connectivity index (χ0n) is 13.8. The van der Waals surface area contributed by atoms with Crippen LogP contribution in [0.1, 0.15) is 23.2 Å². The highest BCUT2D eigenvalue weighted by atomic mass is 32.1. The fourth-order valence-corrected chi connectivity index (χ4v) is 4.55. The van der Waals surface area contributed by atoms with Crippen LogP contribution in [0.4, 0.5) is 4.79 Å². The number of nitrogens with zero attached hydrogens (tertiary/aromatic N) is 1. The lowest BCUT2D eigenvalue weighted by Crippen LogP contribution is -2.57. The molecular weight excluding hydrogens is 336 g/mol. The maximum absolute atomic E-state index is 12.2. The third-order valence-electron chi connectivity index (χ3n) is 5.04. The summed E-state index contributed by atoms with van der Waals surface area (Å²) in [6.45, 7) is 3.21. The fourth-order valence-electron chi connectivity index (χ4n) is 3.70. The molecule has 1 unspecified atom stereocenters. The molecular formula is C19H20N2O3S. The first kappa shape index (κ1) is 16.3. The van der Waals surface area contributed by atoms with E-state index in [2.05, 4.69) is 10.2 Å². The molecule has 1 N–H and O–H groups in total. The van der Waals surface area contributed by atoms with Crippen molar-refractivity contribution < 1.29 is 14.3 Å². The molecule has 1 atom stereocenters. The molecule has 25 heavy (non-hydrogen) atoms. The number of piperidine rings is 3. The summed E-state index contributed by atoms with van der Waals surface area (Å²) >= 11 is 1.40. The number of hydrogen-bond donors (Lipinski definition) is 1. The predicted octanol–water partition coefficient (Wildman–Crippen LogP) is 3.41. The minimum absolute atomic E-state index is 0.193. The Kier molecular flexibility index (Phi) is 4.55. The van der Waals surface area contributed by atoms with E-state index in [1.54, 1.807) is 12.1 Å². The van der Waals surface area contributed by atoms with Crippen molar-refractivity contribution in [2.24, 2.45) is 5.92 Å². The summed E-state index contributed by atoms with van der Waals surface area (Å²) < 4.78 is 5.46. The first-order chi connectivity index (χ1) is 12.2. The number of carbonyl (C=O) groups is 2. The highest BCUT2D eigenvalue weighted by molar-refractivity contribution is 7.17. The van der Waals surface area contributed by atoms with Crippen molar-refractivity contribution in [3.8, 4) is 15.5 Å². The Hall–Kier alpha value is -2.18. The summed E-state index contributed by atoms with van der Waals surface area (Å²) in [5.74, 6) is 0.572. The summed E-state index contributed by atoms with van der Waals surface area (Å²) in [7, 11) is 0. The van der Waals surface area contributed by atoms with Gasteiger partial charge < -0.3 is 15.0 Å². The van der Waals surface area contributed by atoms with Gasteiger partial charge in [-0.1, -0.05) is 29.5 Å². The molecule has 4 heterocycles. The van der Waals surface area contributed by atoms with Gasteiger partial charge in [-0.05, 0) is 55.6 Å². The Morgan fingerprint density at radius 3 is 2.80 bits per heavy atom. The van der Waals surface area contributed by atoms with E-state index in [9.17, 15) is 9.59 Å². The van der Waals surface area contributed by atoms with Crippen LogP contribution in [-0.4, -0.2) is 43.0 Å². The lowest BCUT2D eigenvalue weighted by molar-refractivity contribution is 0.0726. The van der Waals surface area contributed by atoms with Gasteiger partial charge in [0.05, 0.1) is 0 Å². The van der Waals surface area contributed by atoms with Crippen molar-refractivity contribution in [1.82, 2.24) is 10.2 Å². The van der Waals surface area contributed by atoms with Gasteiger partial charge in [0.1, 0.15) is 6.29 Å². The number of benzene rings is 1. The molecule has 3 saturated heterocycles. The van der Waals surface area contributed by atoms with Crippen molar-refractivity contribution in [2.45, 2.75) is 18.9 Å². The zero-order valence-corrected chi connectivity index (χ0v) is 14.6. The number of ether oxygens (including phenoxy) is 1. The summed E-state index contributed by atoms with van der Waals surface area (Å²) in [6, 6.07) is 11.3. The average molecular weight is 356 g/mol. The molecule has 6 heteroatoms. The number of aldehydes is 1. The van der Waals surface area contributed by atoms with E-state index in [4.69, 9.17) is 4.74 Å². The Balaban J connectivity index is 1.39. The van der Waals surface area contributed by atoms with Crippen LogP contribution in [0.3, 0.4) is 0 Å². The number of carbonyl (C=O) groups excluding carboxylic acids is 2. The topological polar surface area (TPSA) is 58.6 Å². The van der Waals surface area contributed by atoms with Crippen LogP contribution in [0.2, 0.25) is 0 Å². The summed E-state index contributed by atoms with van der Waals surface area (Å²) in [6.07, 6.45) is 2.76. The normalized spacial score (nSPS) is 24.7. The highest BCUT2D eigenvalue weighted by Crippen LogP contribution is 2.33. The van der Waals surface area contributed by atoms with Crippen LogP contribution in [0.5, 0.6) is 5.06 Å². The molecule has 1 amide bonds. The number of fused-ring (bicyclic) bond motifs is 3. The SMILES string of the molecule is O=Cc1cccc(-c2ccc(OC(=O)NC3CN4CCC3CC4)s2)c1. The quantitative estimate of drug-likeness (QED) is 0.853. The number of rotatable bonds is 4.